The van der Waals surface area contributed by atoms with Crippen LogP contribution in [0.2, 0.25) is 0 Å². The molecule has 0 saturated heterocycles. The van der Waals surface area contributed by atoms with Crippen LogP contribution in [0.15, 0.2) is 57.8 Å². The summed E-state index contributed by atoms with van der Waals surface area (Å²) in [5.41, 5.74) is 0. The first kappa shape index (κ1) is 15.0. The predicted octanol–water partition coefficient (Wildman–Crippen LogP) is 3.68. The van der Waals surface area contributed by atoms with Gasteiger partial charge in [0.15, 0.2) is 0 Å². The van der Waals surface area contributed by atoms with E-state index in [9.17, 15) is 14.9 Å². The standard InChI is InChI=1S/C15H12N2O5S/c18-15(13-5-6-14(23-13)17(19)20)16(9-11-3-1-7-21-11)10-12-4-2-8-22-12/h1-8H,9-10H2. The number of carbonyl (C=O) groups is 1. The molecule has 0 aromatic carbocycles. The molecule has 0 saturated carbocycles. The van der Waals surface area contributed by atoms with Crippen molar-refractivity contribution in [3.05, 3.63) is 75.4 Å². The van der Waals surface area contributed by atoms with Gasteiger partial charge in [-0.2, -0.15) is 0 Å². The van der Waals surface area contributed by atoms with Gasteiger partial charge in [-0.3, -0.25) is 14.9 Å². The maximum Gasteiger partial charge on any atom is 0.324 e. The second-order valence-corrected chi connectivity index (χ2v) is 5.78. The normalized spacial score (nSPS) is 10.6. The Balaban J connectivity index is 1.83. The van der Waals surface area contributed by atoms with Crippen LogP contribution in [0.25, 0.3) is 0 Å². The molecular weight excluding hydrogens is 320 g/mol. The van der Waals surface area contributed by atoms with E-state index in [0.717, 1.165) is 11.3 Å². The van der Waals surface area contributed by atoms with Crippen LogP contribution in [0, 0.1) is 10.1 Å². The van der Waals surface area contributed by atoms with Crippen molar-refractivity contribution in [2.45, 2.75) is 13.1 Å². The van der Waals surface area contributed by atoms with Gasteiger partial charge in [0.1, 0.15) is 11.5 Å². The van der Waals surface area contributed by atoms with Crippen molar-refractivity contribution in [1.82, 2.24) is 4.90 Å². The number of hydrogen-bond donors (Lipinski definition) is 0. The summed E-state index contributed by atoms with van der Waals surface area (Å²) in [4.78, 5) is 24.8. The van der Waals surface area contributed by atoms with Crippen LogP contribution in [0.5, 0.6) is 0 Å². The van der Waals surface area contributed by atoms with Crippen LogP contribution < -0.4 is 0 Å². The van der Waals surface area contributed by atoms with Crippen LogP contribution in [-0.2, 0) is 13.1 Å². The highest BCUT2D eigenvalue weighted by atomic mass is 32.1. The first-order chi connectivity index (χ1) is 11.1. The Bertz CT molecular complexity index is 756. The van der Waals surface area contributed by atoms with Crippen LogP contribution in [-0.4, -0.2) is 15.7 Å². The summed E-state index contributed by atoms with van der Waals surface area (Å²) in [6.45, 7) is 0.496. The third kappa shape index (κ3) is 3.49. The van der Waals surface area contributed by atoms with E-state index < -0.39 is 4.92 Å². The molecule has 23 heavy (non-hydrogen) atoms. The molecule has 8 heteroatoms. The molecule has 118 valence electrons. The molecule has 0 aliphatic rings. The van der Waals surface area contributed by atoms with Gasteiger partial charge in [0.05, 0.1) is 35.4 Å². The van der Waals surface area contributed by atoms with E-state index in [1.807, 2.05) is 0 Å². The molecule has 0 fully saturated rings. The molecule has 3 rings (SSSR count). The zero-order chi connectivity index (χ0) is 16.2. The van der Waals surface area contributed by atoms with E-state index >= 15 is 0 Å². The highest BCUT2D eigenvalue weighted by Crippen LogP contribution is 2.26. The highest BCUT2D eigenvalue weighted by molar-refractivity contribution is 7.17. The molecule has 1 amide bonds. The van der Waals surface area contributed by atoms with Gasteiger partial charge in [0, 0.05) is 6.07 Å². The van der Waals surface area contributed by atoms with E-state index in [0.29, 0.717) is 16.4 Å². The molecule has 0 bridgehead atoms. The molecule has 0 N–H and O–H groups in total. The smallest absolute Gasteiger partial charge is 0.324 e. The molecule has 3 aromatic rings. The zero-order valence-corrected chi connectivity index (χ0v) is 12.7. The Kier molecular flexibility index (Phi) is 4.24. The fourth-order valence-electron chi connectivity index (χ4n) is 2.08. The number of amides is 1. The molecule has 0 radical (unpaired) electrons. The zero-order valence-electron chi connectivity index (χ0n) is 11.9. The highest BCUT2D eigenvalue weighted by Gasteiger charge is 2.22. The minimum atomic E-state index is -0.509. The minimum absolute atomic E-state index is 0.0655. The maximum absolute atomic E-state index is 12.7. The Hall–Kier alpha value is -2.87. The molecule has 3 aromatic heterocycles. The molecule has 3 heterocycles. The summed E-state index contributed by atoms with van der Waals surface area (Å²) in [5, 5.41) is 10.7. The van der Waals surface area contributed by atoms with Gasteiger partial charge in [-0.15, -0.1) is 0 Å². The van der Waals surface area contributed by atoms with E-state index in [2.05, 4.69) is 0 Å². The SMILES string of the molecule is O=C(c1ccc([N+](=O)[O-])s1)N(Cc1ccco1)Cc1ccco1. The Morgan fingerprint density at radius 1 is 1.09 bits per heavy atom. The third-order valence-corrected chi connectivity index (χ3v) is 4.15. The van der Waals surface area contributed by atoms with Crippen molar-refractivity contribution >= 4 is 22.2 Å². The van der Waals surface area contributed by atoms with Crippen molar-refractivity contribution in [2.75, 3.05) is 0 Å². The number of furan rings is 2. The van der Waals surface area contributed by atoms with Crippen molar-refractivity contribution in [2.24, 2.45) is 0 Å². The summed E-state index contributed by atoms with van der Waals surface area (Å²) in [6.07, 6.45) is 3.06. The Morgan fingerprint density at radius 3 is 2.13 bits per heavy atom. The number of carbonyl (C=O) groups excluding carboxylic acids is 1. The number of hydrogen-bond acceptors (Lipinski definition) is 6. The molecule has 0 spiro atoms. The maximum atomic E-state index is 12.7. The van der Waals surface area contributed by atoms with E-state index in [1.54, 1.807) is 24.3 Å². The Labute approximate surface area is 134 Å². The van der Waals surface area contributed by atoms with Crippen molar-refractivity contribution in [3.8, 4) is 0 Å². The van der Waals surface area contributed by atoms with Crippen LogP contribution in [0.3, 0.4) is 0 Å². The third-order valence-electron chi connectivity index (χ3n) is 3.12. The van der Waals surface area contributed by atoms with Crippen molar-refractivity contribution < 1.29 is 18.6 Å². The van der Waals surface area contributed by atoms with Gasteiger partial charge in [0.25, 0.3) is 5.91 Å². The average Bonchev–Trinajstić information content (AvgIpc) is 3.28. The monoisotopic (exact) mass is 332 g/mol. The summed E-state index contributed by atoms with van der Waals surface area (Å²) in [5.74, 6) is 0.933. The van der Waals surface area contributed by atoms with E-state index in [-0.39, 0.29) is 24.0 Å². The van der Waals surface area contributed by atoms with Gasteiger partial charge in [-0.05, 0) is 30.3 Å². The summed E-state index contributed by atoms with van der Waals surface area (Å²) >= 11 is 0.851. The van der Waals surface area contributed by atoms with E-state index in [4.69, 9.17) is 8.83 Å². The molecule has 7 nitrogen and oxygen atoms in total. The molecular formula is C15H12N2O5S. The first-order valence-corrected chi connectivity index (χ1v) is 7.53. The second-order valence-electron chi connectivity index (χ2n) is 4.71. The fourth-order valence-corrected chi connectivity index (χ4v) is 2.87. The van der Waals surface area contributed by atoms with Gasteiger partial charge < -0.3 is 13.7 Å². The van der Waals surface area contributed by atoms with Crippen molar-refractivity contribution in [3.63, 3.8) is 0 Å². The molecule has 0 atom stereocenters. The van der Waals surface area contributed by atoms with Gasteiger partial charge in [0.2, 0.25) is 0 Å². The average molecular weight is 332 g/mol. The van der Waals surface area contributed by atoms with Crippen LogP contribution in [0.4, 0.5) is 5.00 Å². The minimum Gasteiger partial charge on any atom is -0.467 e. The second kappa shape index (κ2) is 6.49. The molecule has 0 aliphatic heterocycles. The van der Waals surface area contributed by atoms with Crippen molar-refractivity contribution in [1.29, 1.82) is 0 Å². The fraction of sp³-hybridized carbons (Fsp3) is 0.133. The summed E-state index contributed by atoms with van der Waals surface area (Å²) in [6, 6.07) is 9.79. The predicted molar refractivity (Wildman–Crippen MR) is 82.0 cm³/mol. The van der Waals surface area contributed by atoms with Gasteiger partial charge in [-0.1, -0.05) is 11.3 Å². The molecule has 0 unspecified atom stereocenters. The number of thiophene rings is 1. The van der Waals surface area contributed by atoms with Crippen LogP contribution >= 0.6 is 11.3 Å². The van der Waals surface area contributed by atoms with Gasteiger partial charge >= 0.3 is 5.00 Å². The number of nitrogens with zero attached hydrogens (tertiary/aromatic N) is 2. The lowest BCUT2D eigenvalue weighted by molar-refractivity contribution is -0.380. The van der Waals surface area contributed by atoms with Crippen LogP contribution in [0.1, 0.15) is 21.2 Å². The lowest BCUT2D eigenvalue weighted by Crippen LogP contribution is -2.29. The first-order valence-electron chi connectivity index (χ1n) is 6.72. The number of nitro groups is 1. The lowest BCUT2D eigenvalue weighted by Gasteiger charge is -2.19. The molecule has 0 aliphatic carbocycles. The van der Waals surface area contributed by atoms with E-state index in [1.165, 1.54) is 29.6 Å². The van der Waals surface area contributed by atoms with Gasteiger partial charge in [-0.25, -0.2) is 0 Å². The lowest BCUT2D eigenvalue weighted by atomic mass is 10.3. The largest absolute Gasteiger partial charge is 0.467 e. The topological polar surface area (TPSA) is 89.7 Å². The summed E-state index contributed by atoms with van der Waals surface area (Å²) < 4.78 is 10.6. The Morgan fingerprint density at radius 2 is 1.70 bits per heavy atom. The summed E-state index contributed by atoms with van der Waals surface area (Å²) in [7, 11) is 0. The number of rotatable bonds is 6. The quantitative estimate of drug-likeness (QED) is 0.507.